The van der Waals surface area contributed by atoms with E-state index in [-0.39, 0.29) is 16.9 Å². The molecule has 134 valence electrons. The number of amides is 1. The molecule has 0 unspecified atom stereocenters. The van der Waals surface area contributed by atoms with Gasteiger partial charge in [0.2, 0.25) is 0 Å². The number of benzene rings is 2. The van der Waals surface area contributed by atoms with Crippen LogP contribution >= 0.6 is 11.3 Å². The zero-order chi connectivity index (χ0) is 18.7. The number of carbonyl (C=O) groups excluding carboxylic acids is 1. The van der Waals surface area contributed by atoms with Gasteiger partial charge >= 0.3 is 0 Å². The van der Waals surface area contributed by atoms with Crippen LogP contribution in [0.5, 0.6) is 5.75 Å². The van der Waals surface area contributed by atoms with Gasteiger partial charge in [0.1, 0.15) is 11.6 Å². The molecular weight excluding hydrogens is 358 g/mol. The summed E-state index contributed by atoms with van der Waals surface area (Å²) in [4.78, 5) is 16.8. The lowest BCUT2D eigenvalue weighted by molar-refractivity contribution is 0.0998. The standard InChI is InChI=1S/C19H16F2N2O2S/c1-3-9-23-17-15(21)10-13(20)11-16(17)26-19(23)22-18(24)12-5-7-14(8-6-12)25-4-2/h3,5-8,10-11H,1,4,9H2,2H3. The maximum atomic E-state index is 14.2. The van der Waals surface area contributed by atoms with E-state index in [9.17, 15) is 13.6 Å². The van der Waals surface area contributed by atoms with Crippen molar-refractivity contribution in [2.45, 2.75) is 13.5 Å². The first-order chi connectivity index (χ1) is 12.5. The molecular formula is C19H16F2N2O2S. The molecule has 2 aromatic carbocycles. The maximum absolute atomic E-state index is 14.2. The Kier molecular flexibility index (Phi) is 5.27. The van der Waals surface area contributed by atoms with Crippen LogP contribution in [0, 0.1) is 11.6 Å². The zero-order valence-electron chi connectivity index (χ0n) is 14.0. The van der Waals surface area contributed by atoms with Crippen molar-refractivity contribution in [2.24, 2.45) is 4.99 Å². The first-order valence-corrected chi connectivity index (χ1v) is 8.76. The Bertz CT molecular complexity index is 1040. The fraction of sp³-hybridized carbons (Fsp3) is 0.158. The predicted octanol–water partition coefficient (Wildman–Crippen LogP) is 4.31. The van der Waals surface area contributed by atoms with E-state index in [0.29, 0.717) is 22.6 Å². The Labute approximate surface area is 152 Å². The number of rotatable bonds is 5. The number of hydrogen-bond donors (Lipinski definition) is 0. The lowest BCUT2D eigenvalue weighted by atomic mass is 10.2. The fourth-order valence-electron chi connectivity index (χ4n) is 2.52. The second kappa shape index (κ2) is 7.61. The lowest BCUT2D eigenvalue weighted by Crippen LogP contribution is -2.16. The molecule has 1 heterocycles. The van der Waals surface area contributed by atoms with E-state index in [1.165, 1.54) is 10.6 Å². The Morgan fingerprint density at radius 1 is 1.31 bits per heavy atom. The summed E-state index contributed by atoms with van der Waals surface area (Å²) < 4.78 is 34.9. The molecule has 0 saturated heterocycles. The Morgan fingerprint density at radius 3 is 2.69 bits per heavy atom. The van der Waals surface area contributed by atoms with E-state index in [2.05, 4.69) is 11.6 Å². The predicted molar refractivity (Wildman–Crippen MR) is 97.4 cm³/mol. The Balaban J connectivity index is 2.08. The van der Waals surface area contributed by atoms with Crippen molar-refractivity contribution in [3.8, 4) is 5.75 Å². The van der Waals surface area contributed by atoms with Gasteiger partial charge in [0.05, 0.1) is 16.8 Å². The molecule has 0 aliphatic carbocycles. The van der Waals surface area contributed by atoms with E-state index in [4.69, 9.17) is 4.74 Å². The molecule has 26 heavy (non-hydrogen) atoms. The van der Waals surface area contributed by atoms with Crippen LogP contribution in [0.2, 0.25) is 0 Å². The smallest absolute Gasteiger partial charge is 0.279 e. The largest absolute Gasteiger partial charge is 0.494 e. The number of carbonyl (C=O) groups is 1. The summed E-state index contributed by atoms with van der Waals surface area (Å²) in [5, 5.41) is 0. The number of thiazole rings is 1. The van der Waals surface area contributed by atoms with Crippen molar-refractivity contribution >= 4 is 27.5 Å². The van der Waals surface area contributed by atoms with Crippen LogP contribution in [0.4, 0.5) is 8.78 Å². The minimum atomic E-state index is -0.701. The second-order valence-corrected chi connectivity index (χ2v) is 6.40. The molecule has 7 heteroatoms. The Morgan fingerprint density at radius 2 is 2.04 bits per heavy atom. The van der Waals surface area contributed by atoms with Crippen molar-refractivity contribution in [1.29, 1.82) is 0 Å². The first kappa shape index (κ1) is 18.0. The van der Waals surface area contributed by atoms with Crippen LogP contribution in [-0.4, -0.2) is 17.1 Å². The van der Waals surface area contributed by atoms with Gasteiger partial charge in [0.15, 0.2) is 10.6 Å². The third kappa shape index (κ3) is 3.57. The van der Waals surface area contributed by atoms with Crippen molar-refractivity contribution < 1.29 is 18.3 Å². The number of hydrogen-bond acceptors (Lipinski definition) is 3. The van der Waals surface area contributed by atoms with E-state index in [0.717, 1.165) is 17.4 Å². The van der Waals surface area contributed by atoms with Crippen LogP contribution in [0.1, 0.15) is 17.3 Å². The first-order valence-electron chi connectivity index (χ1n) is 7.94. The van der Waals surface area contributed by atoms with E-state index in [1.807, 2.05) is 6.92 Å². The molecule has 1 amide bonds. The minimum absolute atomic E-state index is 0.203. The molecule has 0 aliphatic rings. The number of ether oxygens (including phenoxy) is 1. The highest BCUT2D eigenvalue weighted by atomic mass is 32.1. The summed E-state index contributed by atoms with van der Waals surface area (Å²) in [5.41, 5.74) is 0.581. The van der Waals surface area contributed by atoms with Crippen molar-refractivity contribution in [3.63, 3.8) is 0 Å². The van der Waals surface area contributed by atoms with Crippen molar-refractivity contribution in [2.75, 3.05) is 6.61 Å². The molecule has 0 fully saturated rings. The van der Waals surface area contributed by atoms with Crippen molar-refractivity contribution in [3.05, 3.63) is 71.1 Å². The highest BCUT2D eigenvalue weighted by Crippen LogP contribution is 2.22. The molecule has 0 radical (unpaired) electrons. The maximum Gasteiger partial charge on any atom is 0.279 e. The highest BCUT2D eigenvalue weighted by molar-refractivity contribution is 7.16. The minimum Gasteiger partial charge on any atom is -0.494 e. The van der Waals surface area contributed by atoms with Gasteiger partial charge in [-0.1, -0.05) is 17.4 Å². The van der Waals surface area contributed by atoms with Gasteiger partial charge in [-0.05, 0) is 37.3 Å². The molecule has 0 saturated carbocycles. The second-order valence-electron chi connectivity index (χ2n) is 5.39. The van der Waals surface area contributed by atoms with Gasteiger partial charge in [-0.2, -0.15) is 4.99 Å². The SMILES string of the molecule is C=CCn1c(=NC(=O)c2ccc(OCC)cc2)sc2cc(F)cc(F)c21. The number of halogens is 2. The number of fused-ring (bicyclic) bond motifs is 1. The number of aromatic nitrogens is 1. The highest BCUT2D eigenvalue weighted by Gasteiger charge is 2.13. The average molecular weight is 374 g/mol. The number of nitrogens with zero attached hydrogens (tertiary/aromatic N) is 2. The zero-order valence-corrected chi connectivity index (χ0v) is 14.9. The van der Waals surface area contributed by atoms with Crippen LogP contribution in [0.15, 0.2) is 54.0 Å². The quantitative estimate of drug-likeness (QED) is 0.625. The molecule has 0 aliphatic heterocycles. The van der Waals surface area contributed by atoms with Crippen LogP contribution in [-0.2, 0) is 6.54 Å². The molecule has 0 bridgehead atoms. The van der Waals surface area contributed by atoms with Crippen molar-refractivity contribution in [1.82, 2.24) is 4.57 Å². The summed E-state index contributed by atoms with van der Waals surface area (Å²) in [7, 11) is 0. The van der Waals surface area contributed by atoms with Gasteiger partial charge in [0.25, 0.3) is 5.91 Å². The van der Waals surface area contributed by atoms with Gasteiger partial charge < -0.3 is 9.30 Å². The summed E-state index contributed by atoms with van der Waals surface area (Å²) >= 11 is 1.05. The van der Waals surface area contributed by atoms with Gasteiger partial charge in [-0.3, -0.25) is 4.79 Å². The van der Waals surface area contributed by atoms with Crippen LogP contribution < -0.4 is 9.54 Å². The van der Waals surface area contributed by atoms with Gasteiger partial charge in [-0.15, -0.1) is 6.58 Å². The monoisotopic (exact) mass is 374 g/mol. The molecule has 3 aromatic rings. The fourth-order valence-corrected chi connectivity index (χ4v) is 3.60. The summed E-state index contributed by atoms with van der Waals surface area (Å²) in [6, 6.07) is 8.63. The van der Waals surface area contributed by atoms with Crippen LogP contribution in [0.25, 0.3) is 10.2 Å². The van der Waals surface area contributed by atoms with E-state index >= 15 is 0 Å². The van der Waals surface area contributed by atoms with Crippen LogP contribution in [0.3, 0.4) is 0 Å². The topological polar surface area (TPSA) is 43.6 Å². The molecule has 3 rings (SSSR count). The molecule has 1 aromatic heterocycles. The molecule has 0 spiro atoms. The number of allylic oxidation sites excluding steroid dienone is 1. The lowest BCUT2D eigenvalue weighted by Gasteiger charge is -2.03. The molecule has 4 nitrogen and oxygen atoms in total. The van der Waals surface area contributed by atoms with E-state index < -0.39 is 17.5 Å². The molecule has 0 atom stereocenters. The summed E-state index contributed by atoms with van der Waals surface area (Å²) in [6.45, 7) is 6.29. The van der Waals surface area contributed by atoms with Gasteiger partial charge in [-0.25, -0.2) is 8.78 Å². The van der Waals surface area contributed by atoms with E-state index in [1.54, 1.807) is 30.3 Å². The normalized spacial score (nSPS) is 11.7. The average Bonchev–Trinajstić information content (AvgIpc) is 2.93. The Hall–Kier alpha value is -2.80. The third-order valence-corrected chi connectivity index (χ3v) is 4.64. The third-order valence-electron chi connectivity index (χ3n) is 3.62. The van der Waals surface area contributed by atoms with Gasteiger partial charge in [0, 0.05) is 18.2 Å². The summed E-state index contributed by atoms with van der Waals surface area (Å²) in [6.07, 6.45) is 1.56. The molecule has 0 N–H and O–H groups in total. The summed E-state index contributed by atoms with van der Waals surface area (Å²) in [5.74, 6) is -1.19.